The summed E-state index contributed by atoms with van der Waals surface area (Å²) in [6, 6.07) is 7.34. The smallest absolute Gasteiger partial charge is 0.275 e. The van der Waals surface area contributed by atoms with E-state index in [0.29, 0.717) is 11.3 Å². The molecule has 1 aliphatic rings. The van der Waals surface area contributed by atoms with Crippen molar-refractivity contribution in [2.24, 2.45) is 5.92 Å². The molecule has 0 saturated carbocycles. The first kappa shape index (κ1) is 15.7. The number of benzene rings is 1. The Kier molecular flexibility index (Phi) is 4.74. The molecule has 122 valence electrons. The van der Waals surface area contributed by atoms with Gasteiger partial charge in [-0.15, -0.1) is 0 Å². The Labute approximate surface area is 135 Å². The molecule has 1 aromatic heterocycles. The van der Waals surface area contributed by atoms with E-state index in [2.05, 4.69) is 12.0 Å². The number of nitrogens with zero attached hydrogens (tertiary/aromatic N) is 3. The summed E-state index contributed by atoms with van der Waals surface area (Å²) >= 11 is 0. The lowest BCUT2D eigenvalue weighted by Gasteiger charge is -2.20. The van der Waals surface area contributed by atoms with Crippen molar-refractivity contribution < 1.29 is 4.79 Å². The van der Waals surface area contributed by atoms with E-state index in [-0.39, 0.29) is 18.0 Å². The topological polar surface area (TPSA) is 55.2 Å². The lowest BCUT2D eigenvalue weighted by Crippen LogP contribution is -2.38. The highest BCUT2D eigenvalue weighted by Crippen LogP contribution is 2.20. The lowest BCUT2D eigenvalue weighted by atomic mass is 9.98. The van der Waals surface area contributed by atoms with Crippen LogP contribution in [0.4, 0.5) is 0 Å². The molecule has 1 atom stereocenters. The Bertz CT molecular complexity index is 753. The second kappa shape index (κ2) is 6.94. The van der Waals surface area contributed by atoms with Crippen LogP contribution < -0.4 is 5.56 Å². The first-order valence-corrected chi connectivity index (χ1v) is 8.41. The lowest BCUT2D eigenvalue weighted by molar-refractivity contribution is -0.132. The van der Waals surface area contributed by atoms with Crippen LogP contribution in [0.15, 0.2) is 35.3 Å². The predicted molar refractivity (Wildman–Crippen MR) is 90.2 cm³/mol. The number of aromatic nitrogens is 2. The van der Waals surface area contributed by atoms with Crippen molar-refractivity contribution in [2.75, 3.05) is 13.1 Å². The summed E-state index contributed by atoms with van der Waals surface area (Å²) in [6.07, 6.45) is 6.12. The minimum Gasteiger partial charge on any atom is -0.341 e. The van der Waals surface area contributed by atoms with E-state index in [4.69, 9.17) is 0 Å². The molecule has 23 heavy (non-hydrogen) atoms. The van der Waals surface area contributed by atoms with E-state index >= 15 is 0 Å². The number of carbonyl (C=O) groups is 1. The van der Waals surface area contributed by atoms with Gasteiger partial charge in [0.05, 0.1) is 11.6 Å². The highest BCUT2D eigenvalue weighted by Gasteiger charge is 2.20. The van der Waals surface area contributed by atoms with Crippen LogP contribution in [0.5, 0.6) is 0 Å². The fourth-order valence-electron chi connectivity index (χ4n) is 3.29. The van der Waals surface area contributed by atoms with E-state index < -0.39 is 0 Å². The molecule has 2 heterocycles. The first-order chi connectivity index (χ1) is 11.2. The molecule has 2 aromatic rings. The van der Waals surface area contributed by atoms with E-state index in [1.165, 1.54) is 17.5 Å². The number of amides is 1. The fourth-order valence-corrected chi connectivity index (χ4v) is 3.29. The van der Waals surface area contributed by atoms with E-state index in [9.17, 15) is 9.59 Å². The van der Waals surface area contributed by atoms with Crippen molar-refractivity contribution in [3.05, 3.63) is 40.8 Å². The van der Waals surface area contributed by atoms with Gasteiger partial charge in [-0.3, -0.25) is 9.59 Å². The molecule has 1 saturated heterocycles. The van der Waals surface area contributed by atoms with Gasteiger partial charge in [0.2, 0.25) is 5.91 Å². The van der Waals surface area contributed by atoms with Gasteiger partial charge in [-0.1, -0.05) is 31.5 Å². The van der Waals surface area contributed by atoms with Gasteiger partial charge in [-0.05, 0) is 31.2 Å². The summed E-state index contributed by atoms with van der Waals surface area (Å²) in [7, 11) is 0. The third-order valence-corrected chi connectivity index (χ3v) is 4.82. The molecule has 1 aromatic carbocycles. The molecule has 0 spiro atoms. The monoisotopic (exact) mass is 313 g/mol. The van der Waals surface area contributed by atoms with Gasteiger partial charge in [0, 0.05) is 18.5 Å². The number of fused-ring (bicyclic) bond motifs is 1. The zero-order chi connectivity index (χ0) is 16.2. The standard InChI is InChI=1S/C18H23N3O2/c1-2-14-6-5-10-20(11-9-14)17(22)13-21-18(23)16-8-4-3-7-15(16)12-19-21/h3-4,7-8,12,14H,2,5-6,9-11,13H2,1H3/t14-/m0/s1. The van der Waals surface area contributed by atoms with Gasteiger partial charge in [-0.25, -0.2) is 4.68 Å². The van der Waals surface area contributed by atoms with Crippen LogP contribution in [-0.4, -0.2) is 33.7 Å². The van der Waals surface area contributed by atoms with Crippen molar-refractivity contribution in [1.29, 1.82) is 0 Å². The Morgan fingerprint density at radius 2 is 2.09 bits per heavy atom. The van der Waals surface area contributed by atoms with E-state index in [1.54, 1.807) is 12.3 Å². The summed E-state index contributed by atoms with van der Waals surface area (Å²) in [5, 5.41) is 5.57. The number of hydrogen-bond donors (Lipinski definition) is 0. The largest absolute Gasteiger partial charge is 0.341 e. The molecule has 3 rings (SSSR count). The molecule has 5 nitrogen and oxygen atoms in total. The molecule has 0 unspecified atom stereocenters. The number of likely N-dealkylation sites (tertiary alicyclic amines) is 1. The van der Waals surface area contributed by atoms with Crippen LogP contribution in [0.1, 0.15) is 32.6 Å². The molecule has 0 bridgehead atoms. The highest BCUT2D eigenvalue weighted by molar-refractivity contribution is 5.81. The number of carbonyl (C=O) groups excluding carboxylic acids is 1. The first-order valence-electron chi connectivity index (χ1n) is 8.41. The van der Waals surface area contributed by atoms with Crippen LogP contribution >= 0.6 is 0 Å². The average Bonchev–Trinajstić information content (AvgIpc) is 2.83. The zero-order valence-corrected chi connectivity index (χ0v) is 13.6. The number of hydrogen-bond acceptors (Lipinski definition) is 3. The summed E-state index contributed by atoms with van der Waals surface area (Å²) < 4.78 is 1.28. The second-order valence-corrected chi connectivity index (χ2v) is 6.28. The quantitative estimate of drug-likeness (QED) is 0.874. The van der Waals surface area contributed by atoms with Crippen molar-refractivity contribution in [3.8, 4) is 0 Å². The van der Waals surface area contributed by atoms with Gasteiger partial charge in [0.15, 0.2) is 0 Å². The predicted octanol–water partition coefficient (Wildman–Crippen LogP) is 2.44. The second-order valence-electron chi connectivity index (χ2n) is 6.28. The van der Waals surface area contributed by atoms with Crippen LogP contribution in [-0.2, 0) is 11.3 Å². The third-order valence-electron chi connectivity index (χ3n) is 4.82. The van der Waals surface area contributed by atoms with Crippen LogP contribution in [0.3, 0.4) is 0 Å². The molecule has 1 aliphatic heterocycles. The Morgan fingerprint density at radius 3 is 2.91 bits per heavy atom. The maximum atomic E-state index is 12.5. The van der Waals surface area contributed by atoms with Gasteiger partial charge in [-0.2, -0.15) is 5.10 Å². The minimum atomic E-state index is -0.197. The summed E-state index contributed by atoms with van der Waals surface area (Å²) in [6.45, 7) is 3.82. The minimum absolute atomic E-state index is 0.00775. The van der Waals surface area contributed by atoms with Gasteiger partial charge < -0.3 is 4.90 Å². The normalized spacial score (nSPS) is 18.8. The number of rotatable bonds is 3. The molecule has 0 radical (unpaired) electrons. The molecule has 5 heteroatoms. The van der Waals surface area contributed by atoms with Crippen LogP contribution in [0, 0.1) is 5.92 Å². The molecule has 1 fully saturated rings. The molecule has 0 N–H and O–H groups in total. The van der Waals surface area contributed by atoms with Gasteiger partial charge >= 0.3 is 0 Å². The maximum absolute atomic E-state index is 12.5. The average molecular weight is 313 g/mol. The SMILES string of the molecule is CC[C@H]1CCCN(C(=O)Cn2ncc3ccccc3c2=O)CC1. The maximum Gasteiger partial charge on any atom is 0.275 e. The third kappa shape index (κ3) is 3.44. The van der Waals surface area contributed by atoms with Crippen molar-refractivity contribution >= 4 is 16.7 Å². The van der Waals surface area contributed by atoms with Crippen LogP contribution in [0.2, 0.25) is 0 Å². The zero-order valence-electron chi connectivity index (χ0n) is 13.6. The molecular weight excluding hydrogens is 290 g/mol. The summed E-state index contributed by atoms with van der Waals surface area (Å²) in [5.74, 6) is 0.709. The fraction of sp³-hybridized carbons (Fsp3) is 0.500. The Hall–Kier alpha value is -2.17. The van der Waals surface area contributed by atoms with Crippen LogP contribution in [0.25, 0.3) is 10.8 Å². The van der Waals surface area contributed by atoms with Gasteiger partial charge in [0.25, 0.3) is 5.56 Å². The van der Waals surface area contributed by atoms with Crippen molar-refractivity contribution in [3.63, 3.8) is 0 Å². The molecule has 1 amide bonds. The summed E-state index contributed by atoms with van der Waals surface area (Å²) in [4.78, 5) is 26.9. The Balaban J connectivity index is 1.75. The van der Waals surface area contributed by atoms with Crippen molar-refractivity contribution in [1.82, 2.24) is 14.7 Å². The Morgan fingerprint density at radius 1 is 1.26 bits per heavy atom. The molecule has 0 aliphatic carbocycles. The highest BCUT2D eigenvalue weighted by atomic mass is 16.2. The van der Waals surface area contributed by atoms with E-state index in [0.717, 1.165) is 31.3 Å². The van der Waals surface area contributed by atoms with Crippen molar-refractivity contribution in [2.45, 2.75) is 39.2 Å². The van der Waals surface area contributed by atoms with Gasteiger partial charge in [0.1, 0.15) is 6.54 Å². The molecular formula is C18H23N3O2. The van der Waals surface area contributed by atoms with E-state index in [1.807, 2.05) is 23.1 Å². The summed E-state index contributed by atoms with van der Waals surface area (Å²) in [5.41, 5.74) is -0.197.